The molecule has 1 atom stereocenters. The van der Waals surface area contributed by atoms with Gasteiger partial charge in [0.25, 0.3) is 0 Å². The fourth-order valence-electron chi connectivity index (χ4n) is 4.65. The average Bonchev–Trinajstić information content (AvgIpc) is 2.78. The molecule has 1 aliphatic rings. The second kappa shape index (κ2) is 9.08. The predicted molar refractivity (Wildman–Crippen MR) is 138 cm³/mol. The first-order valence-electron chi connectivity index (χ1n) is 12.0. The molecule has 3 aromatic rings. The molecule has 2 N–H and O–H groups in total. The molecule has 32 heavy (non-hydrogen) atoms. The zero-order valence-corrected chi connectivity index (χ0v) is 20.2. The summed E-state index contributed by atoms with van der Waals surface area (Å²) in [6, 6.07) is 23.0. The minimum Gasteiger partial charge on any atom is -0.330 e. The molecule has 0 aliphatic heterocycles. The molecule has 0 bridgehead atoms. The molecule has 0 amide bonds. The fourth-order valence-corrected chi connectivity index (χ4v) is 4.65. The van der Waals surface area contributed by atoms with Gasteiger partial charge in [0.2, 0.25) is 0 Å². The lowest BCUT2D eigenvalue weighted by Gasteiger charge is -2.24. The Bertz CT molecular complexity index is 1130. The van der Waals surface area contributed by atoms with Crippen LogP contribution < -0.4 is 5.73 Å². The second-order valence-corrected chi connectivity index (χ2v) is 10.6. The molecule has 0 aromatic heterocycles. The normalized spacial score (nSPS) is 14.1. The van der Waals surface area contributed by atoms with E-state index in [4.69, 9.17) is 5.73 Å². The Balaban J connectivity index is 1.57. The number of hydrogen-bond acceptors (Lipinski definition) is 1. The lowest BCUT2D eigenvalue weighted by atomic mass is 9.80. The number of nitrogens with two attached hydrogens (primary N) is 1. The molecule has 1 heteroatoms. The van der Waals surface area contributed by atoms with E-state index in [2.05, 4.69) is 94.9 Å². The Morgan fingerprint density at radius 1 is 0.875 bits per heavy atom. The van der Waals surface area contributed by atoms with Crippen LogP contribution in [-0.4, -0.2) is 6.54 Å². The molecule has 166 valence electrons. The molecule has 0 spiro atoms. The Labute approximate surface area is 194 Å². The van der Waals surface area contributed by atoms with Crippen LogP contribution in [0.1, 0.15) is 78.6 Å². The summed E-state index contributed by atoms with van der Waals surface area (Å²) in [4.78, 5) is 0. The standard InChI is InChI=1S/C31H37N/c1-21(20-32)9-10-23-11-13-26-19-27-14-12-25(18-30(27)22(2)29(26)17-23)15-24-7-6-8-28(16-24)31(3,4)5/h6-8,11-14,16-18,21H,2,9-10,15,19-20,32H2,1,3-5H3. The van der Waals surface area contributed by atoms with Crippen molar-refractivity contribution in [3.63, 3.8) is 0 Å². The largest absolute Gasteiger partial charge is 0.330 e. The minimum atomic E-state index is 0.170. The molecule has 1 aliphatic carbocycles. The van der Waals surface area contributed by atoms with Gasteiger partial charge in [0.05, 0.1) is 0 Å². The number of benzene rings is 3. The van der Waals surface area contributed by atoms with Crippen molar-refractivity contribution in [2.45, 2.75) is 58.8 Å². The SMILES string of the molecule is C=C1c2cc(CCC(C)CN)ccc2Cc2ccc(Cc3cccc(C(C)(C)C)c3)cc21. The molecule has 3 aromatic carbocycles. The molecule has 4 rings (SSSR count). The molecule has 0 saturated carbocycles. The van der Waals surface area contributed by atoms with Gasteiger partial charge >= 0.3 is 0 Å². The van der Waals surface area contributed by atoms with Crippen molar-refractivity contribution in [1.82, 2.24) is 0 Å². The molecule has 1 unspecified atom stereocenters. The van der Waals surface area contributed by atoms with Crippen molar-refractivity contribution < 1.29 is 0 Å². The van der Waals surface area contributed by atoms with Gasteiger partial charge in [-0.25, -0.2) is 0 Å². The Morgan fingerprint density at radius 3 is 2.16 bits per heavy atom. The highest BCUT2D eigenvalue weighted by Gasteiger charge is 2.20. The Kier molecular flexibility index (Phi) is 6.40. The van der Waals surface area contributed by atoms with Crippen molar-refractivity contribution in [3.8, 4) is 0 Å². The van der Waals surface area contributed by atoms with E-state index in [9.17, 15) is 0 Å². The summed E-state index contributed by atoms with van der Waals surface area (Å²) in [6.45, 7) is 14.3. The number of aryl methyl sites for hydroxylation is 1. The monoisotopic (exact) mass is 423 g/mol. The van der Waals surface area contributed by atoms with Crippen LogP contribution in [0.4, 0.5) is 0 Å². The maximum atomic E-state index is 5.81. The summed E-state index contributed by atoms with van der Waals surface area (Å²) in [5.74, 6) is 0.564. The summed E-state index contributed by atoms with van der Waals surface area (Å²) < 4.78 is 0. The summed E-state index contributed by atoms with van der Waals surface area (Å²) in [5.41, 5.74) is 18.1. The highest BCUT2D eigenvalue weighted by atomic mass is 14.5. The average molecular weight is 424 g/mol. The lowest BCUT2D eigenvalue weighted by molar-refractivity contribution is 0.544. The van der Waals surface area contributed by atoms with Gasteiger partial charge in [-0.2, -0.15) is 0 Å². The van der Waals surface area contributed by atoms with Crippen molar-refractivity contribution in [3.05, 3.63) is 112 Å². The molecular formula is C31H37N. The van der Waals surface area contributed by atoms with Gasteiger partial charge in [-0.1, -0.05) is 94.9 Å². The third-order valence-corrected chi connectivity index (χ3v) is 6.91. The van der Waals surface area contributed by atoms with E-state index in [0.29, 0.717) is 5.92 Å². The van der Waals surface area contributed by atoms with E-state index in [1.165, 1.54) is 50.1 Å². The predicted octanol–water partition coefficient (Wildman–Crippen LogP) is 7.07. The van der Waals surface area contributed by atoms with Gasteiger partial charge in [0, 0.05) is 0 Å². The summed E-state index contributed by atoms with van der Waals surface area (Å²) in [5, 5.41) is 0. The molecule has 0 saturated heterocycles. The summed E-state index contributed by atoms with van der Waals surface area (Å²) >= 11 is 0. The maximum Gasteiger partial charge on any atom is -0.00135 e. The van der Waals surface area contributed by atoms with Crippen molar-refractivity contribution in [2.24, 2.45) is 11.7 Å². The smallest absolute Gasteiger partial charge is 0.00135 e. The van der Waals surface area contributed by atoms with E-state index in [0.717, 1.165) is 32.2 Å². The van der Waals surface area contributed by atoms with Crippen LogP contribution in [0.2, 0.25) is 0 Å². The maximum absolute atomic E-state index is 5.81. The van der Waals surface area contributed by atoms with E-state index < -0.39 is 0 Å². The van der Waals surface area contributed by atoms with Gasteiger partial charge in [0.15, 0.2) is 0 Å². The van der Waals surface area contributed by atoms with Crippen LogP contribution in [0.15, 0.2) is 67.2 Å². The zero-order valence-electron chi connectivity index (χ0n) is 20.2. The van der Waals surface area contributed by atoms with Crippen LogP contribution in [0, 0.1) is 5.92 Å². The second-order valence-electron chi connectivity index (χ2n) is 10.6. The molecule has 0 fully saturated rings. The van der Waals surface area contributed by atoms with E-state index in [1.54, 1.807) is 0 Å². The highest BCUT2D eigenvalue weighted by Crippen LogP contribution is 2.36. The van der Waals surface area contributed by atoms with Gasteiger partial charge in [-0.05, 0) is 93.6 Å². The number of hydrogen-bond donors (Lipinski definition) is 1. The summed E-state index contributed by atoms with van der Waals surface area (Å²) in [7, 11) is 0. The number of fused-ring (bicyclic) bond motifs is 2. The van der Waals surface area contributed by atoms with Gasteiger partial charge < -0.3 is 5.73 Å². The van der Waals surface area contributed by atoms with Gasteiger partial charge in [0.1, 0.15) is 0 Å². The third kappa shape index (κ3) is 4.89. The van der Waals surface area contributed by atoms with Crippen LogP contribution in [0.25, 0.3) is 5.57 Å². The van der Waals surface area contributed by atoms with Crippen molar-refractivity contribution in [2.75, 3.05) is 6.54 Å². The number of rotatable bonds is 6. The lowest BCUT2D eigenvalue weighted by Crippen LogP contribution is -2.12. The first kappa shape index (κ1) is 22.6. The molecule has 0 heterocycles. The summed E-state index contributed by atoms with van der Waals surface area (Å²) in [6.07, 6.45) is 4.16. The molecular weight excluding hydrogens is 386 g/mol. The van der Waals surface area contributed by atoms with Crippen LogP contribution in [0.3, 0.4) is 0 Å². The first-order valence-corrected chi connectivity index (χ1v) is 12.0. The fraction of sp³-hybridized carbons (Fsp3) is 0.355. The molecule has 0 radical (unpaired) electrons. The topological polar surface area (TPSA) is 26.0 Å². The third-order valence-electron chi connectivity index (χ3n) is 6.91. The van der Waals surface area contributed by atoms with Gasteiger partial charge in [-0.3, -0.25) is 0 Å². The minimum absolute atomic E-state index is 0.170. The molecule has 1 nitrogen and oxygen atoms in total. The Morgan fingerprint density at radius 2 is 1.50 bits per heavy atom. The van der Waals surface area contributed by atoms with Crippen LogP contribution >= 0.6 is 0 Å². The van der Waals surface area contributed by atoms with E-state index in [1.807, 2.05) is 0 Å². The van der Waals surface area contributed by atoms with Gasteiger partial charge in [-0.15, -0.1) is 0 Å². The van der Waals surface area contributed by atoms with Crippen LogP contribution in [-0.2, 0) is 24.7 Å². The quantitative estimate of drug-likeness (QED) is 0.353. The van der Waals surface area contributed by atoms with Crippen molar-refractivity contribution >= 4 is 5.57 Å². The zero-order chi connectivity index (χ0) is 22.9. The van der Waals surface area contributed by atoms with E-state index >= 15 is 0 Å². The Hall–Kier alpha value is -2.64. The first-order chi connectivity index (χ1) is 15.2. The highest BCUT2D eigenvalue weighted by molar-refractivity contribution is 5.84. The van der Waals surface area contributed by atoms with Crippen LogP contribution in [0.5, 0.6) is 0 Å². The van der Waals surface area contributed by atoms with E-state index in [-0.39, 0.29) is 5.41 Å². The van der Waals surface area contributed by atoms with Crippen molar-refractivity contribution in [1.29, 1.82) is 0 Å².